The normalized spacial score (nSPS) is 15.3. The number of nitrogens with one attached hydrogen (secondary N) is 1. The van der Waals surface area contributed by atoms with Crippen molar-refractivity contribution in [3.8, 4) is 11.3 Å². The van der Waals surface area contributed by atoms with Crippen LogP contribution in [0.4, 0.5) is 9.52 Å². The summed E-state index contributed by atoms with van der Waals surface area (Å²) in [6, 6.07) is 23.6. The third-order valence-electron chi connectivity index (χ3n) is 6.50. The van der Waals surface area contributed by atoms with Crippen molar-refractivity contribution in [1.29, 1.82) is 0 Å². The molecule has 2 heterocycles. The van der Waals surface area contributed by atoms with Crippen molar-refractivity contribution in [2.24, 2.45) is 11.0 Å². The molecule has 0 amide bonds. The highest BCUT2D eigenvalue weighted by Crippen LogP contribution is 2.29. The molecule has 0 aliphatic carbocycles. The molecule has 6 nitrogen and oxygen atoms in total. The largest absolute Gasteiger partial charge is 0.253 e. The summed E-state index contributed by atoms with van der Waals surface area (Å²) >= 11 is 1.36. The van der Waals surface area contributed by atoms with Crippen LogP contribution < -0.4 is 5.43 Å². The molecule has 0 saturated carbocycles. The number of nitrogens with zero attached hydrogens (tertiary/aromatic N) is 3. The SMILES string of the molecule is O=S(=O)(c1ccc(-c2csc(NN=Cc3ccccc3F)n2)cc1)N1CCC(Cc2ccccc2)CC1. The number of hydrogen-bond donors (Lipinski definition) is 1. The molecular weight excluding hydrogens is 507 g/mol. The first-order valence-corrected chi connectivity index (χ1v) is 14.4. The van der Waals surface area contributed by atoms with Crippen LogP contribution in [0, 0.1) is 11.7 Å². The van der Waals surface area contributed by atoms with Crippen molar-refractivity contribution >= 4 is 32.7 Å². The first-order valence-electron chi connectivity index (χ1n) is 12.1. The van der Waals surface area contributed by atoms with Gasteiger partial charge in [-0.1, -0.05) is 60.7 Å². The predicted octanol–water partition coefficient (Wildman–Crippen LogP) is 6.04. The van der Waals surface area contributed by atoms with Gasteiger partial charge in [0.2, 0.25) is 15.2 Å². The standard InChI is InChI=1S/C28H27FN4O2S2/c29-26-9-5-4-8-24(26)19-30-32-28-31-27(20-36-28)23-10-12-25(13-11-23)37(34,35)33-16-14-22(15-17-33)18-21-6-2-1-3-7-21/h1-13,19-20,22H,14-18H2,(H,31,32). The van der Waals surface area contributed by atoms with E-state index in [0.29, 0.717) is 40.3 Å². The molecule has 1 fully saturated rings. The Morgan fingerprint density at radius 1 is 1.00 bits per heavy atom. The van der Waals surface area contributed by atoms with Crippen LogP contribution in [-0.2, 0) is 16.4 Å². The minimum Gasteiger partial charge on any atom is -0.253 e. The quantitative estimate of drug-likeness (QED) is 0.221. The zero-order valence-electron chi connectivity index (χ0n) is 20.1. The number of rotatable bonds is 8. The fraction of sp³-hybridized carbons (Fsp3) is 0.214. The Morgan fingerprint density at radius 3 is 2.43 bits per heavy atom. The Hall–Kier alpha value is -3.40. The van der Waals surface area contributed by atoms with Gasteiger partial charge in [-0.15, -0.1) is 11.3 Å². The maximum Gasteiger partial charge on any atom is 0.243 e. The van der Waals surface area contributed by atoms with E-state index >= 15 is 0 Å². The van der Waals surface area contributed by atoms with E-state index in [2.05, 4.69) is 27.6 Å². The second kappa shape index (κ2) is 11.3. The number of hydrogen-bond acceptors (Lipinski definition) is 6. The van der Waals surface area contributed by atoms with Crippen LogP contribution in [0.3, 0.4) is 0 Å². The number of hydrazone groups is 1. The summed E-state index contributed by atoms with van der Waals surface area (Å²) in [6.45, 7) is 1.08. The van der Waals surface area contributed by atoms with Crippen LogP contribution in [0.1, 0.15) is 24.0 Å². The van der Waals surface area contributed by atoms with Crippen molar-refractivity contribution in [2.45, 2.75) is 24.2 Å². The highest BCUT2D eigenvalue weighted by molar-refractivity contribution is 7.89. The molecule has 1 N–H and O–H groups in total. The Morgan fingerprint density at radius 2 is 1.70 bits per heavy atom. The second-order valence-electron chi connectivity index (χ2n) is 8.99. The molecule has 1 aromatic heterocycles. The third-order valence-corrected chi connectivity index (χ3v) is 9.16. The molecule has 1 aliphatic rings. The lowest BCUT2D eigenvalue weighted by atomic mass is 9.91. The highest BCUT2D eigenvalue weighted by Gasteiger charge is 2.29. The number of halogens is 1. The second-order valence-corrected chi connectivity index (χ2v) is 11.8. The number of aromatic nitrogens is 1. The maximum absolute atomic E-state index is 13.7. The van der Waals surface area contributed by atoms with Crippen molar-refractivity contribution in [2.75, 3.05) is 18.5 Å². The van der Waals surface area contributed by atoms with E-state index in [4.69, 9.17) is 0 Å². The fourth-order valence-corrected chi connectivity index (χ4v) is 6.58. The lowest BCUT2D eigenvalue weighted by Crippen LogP contribution is -2.38. The smallest absolute Gasteiger partial charge is 0.243 e. The lowest BCUT2D eigenvalue weighted by Gasteiger charge is -2.31. The van der Waals surface area contributed by atoms with Gasteiger partial charge in [-0.25, -0.2) is 17.8 Å². The van der Waals surface area contributed by atoms with Gasteiger partial charge >= 0.3 is 0 Å². The zero-order chi connectivity index (χ0) is 25.7. The molecule has 0 spiro atoms. The van der Waals surface area contributed by atoms with E-state index in [0.717, 1.165) is 24.8 Å². The summed E-state index contributed by atoms with van der Waals surface area (Å²) in [5.74, 6) is 0.152. The zero-order valence-corrected chi connectivity index (χ0v) is 21.8. The molecule has 9 heteroatoms. The fourth-order valence-electron chi connectivity index (χ4n) is 4.44. The molecule has 0 bridgehead atoms. The minimum absolute atomic E-state index is 0.292. The van der Waals surface area contributed by atoms with E-state index in [1.54, 1.807) is 46.8 Å². The maximum atomic E-state index is 13.7. The molecule has 190 valence electrons. The predicted molar refractivity (Wildman–Crippen MR) is 147 cm³/mol. The summed E-state index contributed by atoms with van der Waals surface area (Å²) in [5.41, 5.74) is 6.01. The van der Waals surface area contributed by atoms with Gasteiger partial charge in [0.05, 0.1) is 16.8 Å². The van der Waals surface area contributed by atoms with Crippen LogP contribution in [0.15, 0.2) is 94.2 Å². The summed E-state index contributed by atoms with van der Waals surface area (Å²) in [4.78, 5) is 4.79. The Bertz CT molecular complexity index is 1460. The summed E-state index contributed by atoms with van der Waals surface area (Å²) in [5, 5.41) is 6.47. The summed E-state index contributed by atoms with van der Waals surface area (Å²) in [6.07, 6.45) is 4.11. The number of benzene rings is 3. The first-order chi connectivity index (χ1) is 18.0. The Balaban J connectivity index is 1.19. The van der Waals surface area contributed by atoms with Crippen LogP contribution in [-0.4, -0.2) is 37.0 Å². The number of anilines is 1. The van der Waals surface area contributed by atoms with Gasteiger partial charge in [-0.05, 0) is 48.9 Å². The van der Waals surface area contributed by atoms with Crippen molar-refractivity contribution < 1.29 is 12.8 Å². The van der Waals surface area contributed by atoms with Crippen molar-refractivity contribution in [1.82, 2.24) is 9.29 Å². The molecule has 1 aliphatic heterocycles. The molecule has 0 radical (unpaired) electrons. The van der Waals surface area contributed by atoms with E-state index in [-0.39, 0.29) is 5.82 Å². The van der Waals surface area contributed by atoms with Gasteiger partial charge in [0, 0.05) is 29.6 Å². The number of piperidine rings is 1. The highest BCUT2D eigenvalue weighted by atomic mass is 32.2. The van der Waals surface area contributed by atoms with Crippen molar-refractivity contribution in [3.63, 3.8) is 0 Å². The minimum atomic E-state index is -3.54. The molecule has 0 unspecified atom stereocenters. The van der Waals surface area contributed by atoms with Gasteiger partial charge in [0.25, 0.3) is 0 Å². The Labute approximate surface area is 220 Å². The van der Waals surface area contributed by atoms with E-state index in [1.165, 1.54) is 29.2 Å². The first kappa shape index (κ1) is 25.3. The van der Waals surface area contributed by atoms with Crippen LogP contribution in [0.2, 0.25) is 0 Å². The molecule has 0 atom stereocenters. The Kier molecular flexibility index (Phi) is 7.73. The average Bonchev–Trinajstić information content (AvgIpc) is 3.40. The van der Waals surface area contributed by atoms with Gasteiger partial charge < -0.3 is 0 Å². The topological polar surface area (TPSA) is 74.7 Å². The summed E-state index contributed by atoms with van der Waals surface area (Å²) < 4.78 is 41.7. The van der Waals surface area contributed by atoms with E-state index in [9.17, 15) is 12.8 Å². The van der Waals surface area contributed by atoms with Crippen LogP contribution in [0.25, 0.3) is 11.3 Å². The monoisotopic (exact) mass is 534 g/mol. The molecule has 1 saturated heterocycles. The molecule has 5 rings (SSSR count). The number of sulfonamides is 1. The molecule has 3 aromatic carbocycles. The lowest BCUT2D eigenvalue weighted by molar-refractivity contribution is 0.273. The van der Waals surface area contributed by atoms with Gasteiger partial charge in [-0.2, -0.15) is 9.41 Å². The number of thiazole rings is 1. The summed E-state index contributed by atoms with van der Waals surface area (Å²) in [7, 11) is -3.54. The van der Waals surface area contributed by atoms with E-state index < -0.39 is 10.0 Å². The van der Waals surface area contributed by atoms with E-state index in [1.807, 2.05) is 23.6 Å². The average molecular weight is 535 g/mol. The molecule has 37 heavy (non-hydrogen) atoms. The van der Waals surface area contributed by atoms with Crippen LogP contribution >= 0.6 is 11.3 Å². The third kappa shape index (κ3) is 6.12. The van der Waals surface area contributed by atoms with Gasteiger partial charge in [0.15, 0.2) is 0 Å². The van der Waals surface area contributed by atoms with Crippen LogP contribution in [0.5, 0.6) is 0 Å². The van der Waals surface area contributed by atoms with Gasteiger partial charge in [-0.3, -0.25) is 5.43 Å². The molecule has 4 aromatic rings. The van der Waals surface area contributed by atoms with Crippen molar-refractivity contribution in [3.05, 3.63) is 101 Å². The molecular formula is C28H27FN4O2S2. The van der Waals surface area contributed by atoms with Gasteiger partial charge in [0.1, 0.15) is 5.82 Å².